The van der Waals surface area contributed by atoms with Gasteiger partial charge in [-0.1, -0.05) is 6.07 Å². The minimum absolute atomic E-state index is 0.0538. The van der Waals surface area contributed by atoms with Crippen LogP contribution in [0.5, 0.6) is 0 Å². The average molecular weight is 350 g/mol. The zero-order valence-corrected chi connectivity index (χ0v) is 14.4. The summed E-state index contributed by atoms with van der Waals surface area (Å²) in [6.07, 6.45) is -0.245. The summed E-state index contributed by atoms with van der Waals surface area (Å²) in [6, 6.07) is 2.61. The van der Waals surface area contributed by atoms with Crippen molar-refractivity contribution in [2.24, 2.45) is 0 Å². The molecule has 5 nitrogen and oxygen atoms in total. The van der Waals surface area contributed by atoms with Gasteiger partial charge in [-0.2, -0.15) is 0 Å². The van der Waals surface area contributed by atoms with Crippen LogP contribution >= 0.6 is 0 Å². The quantitative estimate of drug-likeness (QED) is 0.844. The van der Waals surface area contributed by atoms with Crippen LogP contribution in [0, 0.1) is 11.6 Å². The highest BCUT2D eigenvalue weighted by Gasteiger charge is 2.44. The van der Waals surface area contributed by atoms with Gasteiger partial charge in [0, 0.05) is 36.2 Å². The Kier molecular flexibility index (Phi) is 4.26. The molecule has 0 saturated heterocycles. The summed E-state index contributed by atoms with van der Waals surface area (Å²) in [5, 5.41) is 2.70. The van der Waals surface area contributed by atoms with Crippen molar-refractivity contribution in [2.75, 3.05) is 6.54 Å². The smallest absolute Gasteiger partial charge is 0.415 e. The van der Waals surface area contributed by atoms with Crippen molar-refractivity contribution in [3.8, 4) is 0 Å². The highest BCUT2D eigenvalue weighted by atomic mass is 19.1. The molecule has 25 heavy (non-hydrogen) atoms. The van der Waals surface area contributed by atoms with Gasteiger partial charge in [0.15, 0.2) is 0 Å². The van der Waals surface area contributed by atoms with Gasteiger partial charge in [-0.3, -0.25) is 9.69 Å². The first kappa shape index (κ1) is 17.4. The van der Waals surface area contributed by atoms with Crippen LogP contribution in [0.3, 0.4) is 0 Å². The SMILES string of the molecule is CC(C)(C)OC(=O)N1C2=C(CC1c1c(F)cccc1F)C(=O)NCC2. The van der Waals surface area contributed by atoms with Crippen molar-refractivity contribution in [3.05, 3.63) is 46.7 Å². The molecular weight excluding hydrogens is 330 g/mol. The molecule has 7 heteroatoms. The fourth-order valence-electron chi connectivity index (χ4n) is 3.24. The maximum absolute atomic E-state index is 14.3. The second-order valence-corrected chi connectivity index (χ2v) is 7.14. The highest BCUT2D eigenvalue weighted by Crippen LogP contribution is 2.43. The van der Waals surface area contributed by atoms with Crippen molar-refractivity contribution < 1.29 is 23.1 Å². The van der Waals surface area contributed by atoms with E-state index in [1.807, 2.05) is 0 Å². The monoisotopic (exact) mass is 350 g/mol. The van der Waals surface area contributed by atoms with Crippen molar-refractivity contribution in [3.63, 3.8) is 0 Å². The van der Waals surface area contributed by atoms with E-state index in [0.29, 0.717) is 24.2 Å². The Morgan fingerprint density at radius 1 is 1.28 bits per heavy atom. The normalized spacial score (nSPS) is 20.4. The van der Waals surface area contributed by atoms with Gasteiger partial charge in [-0.15, -0.1) is 0 Å². The Balaban J connectivity index is 2.06. The van der Waals surface area contributed by atoms with E-state index >= 15 is 0 Å². The first-order valence-electron chi connectivity index (χ1n) is 8.15. The number of nitrogens with one attached hydrogen (secondary N) is 1. The van der Waals surface area contributed by atoms with Gasteiger partial charge in [-0.05, 0) is 32.9 Å². The number of carbonyl (C=O) groups is 2. The zero-order chi connectivity index (χ0) is 18.4. The number of amides is 2. The maximum atomic E-state index is 14.3. The molecule has 0 bridgehead atoms. The molecule has 1 unspecified atom stereocenters. The fraction of sp³-hybridized carbons (Fsp3) is 0.444. The Morgan fingerprint density at radius 3 is 2.52 bits per heavy atom. The van der Waals surface area contributed by atoms with E-state index in [1.54, 1.807) is 20.8 Å². The molecule has 0 aliphatic carbocycles. The number of benzene rings is 1. The number of ether oxygens (including phenoxy) is 1. The van der Waals surface area contributed by atoms with Crippen LogP contribution in [0.1, 0.15) is 45.2 Å². The number of nitrogens with zero attached hydrogens (tertiary/aromatic N) is 1. The molecule has 0 radical (unpaired) electrons. The molecule has 2 aliphatic heterocycles. The van der Waals surface area contributed by atoms with Crippen LogP contribution in [0.2, 0.25) is 0 Å². The van der Waals surface area contributed by atoms with Gasteiger partial charge in [0.25, 0.3) is 0 Å². The number of hydrogen-bond donors (Lipinski definition) is 1. The van der Waals surface area contributed by atoms with Gasteiger partial charge >= 0.3 is 6.09 Å². The van der Waals surface area contributed by atoms with Crippen LogP contribution in [-0.4, -0.2) is 29.0 Å². The predicted molar refractivity (Wildman–Crippen MR) is 86.4 cm³/mol. The first-order valence-corrected chi connectivity index (χ1v) is 8.15. The molecule has 0 fully saturated rings. The van der Waals surface area contributed by atoms with E-state index in [0.717, 1.165) is 12.1 Å². The lowest BCUT2D eigenvalue weighted by molar-refractivity contribution is -0.117. The highest BCUT2D eigenvalue weighted by molar-refractivity contribution is 5.97. The van der Waals surface area contributed by atoms with E-state index < -0.39 is 29.4 Å². The molecule has 2 heterocycles. The molecule has 1 aromatic rings. The van der Waals surface area contributed by atoms with Gasteiger partial charge in [0.2, 0.25) is 5.91 Å². The lowest BCUT2D eigenvalue weighted by atomic mass is 9.99. The van der Waals surface area contributed by atoms with Crippen molar-refractivity contribution in [1.29, 1.82) is 0 Å². The van der Waals surface area contributed by atoms with Gasteiger partial charge in [0.1, 0.15) is 17.2 Å². The fourth-order valence-corrected chi connectivity index (χ4v) is 3.24. The largest absolute Gasteiger partial charge is 0.443 e. The van der Waals surface area contributed by atoms with E-state index in [-0.39, 0.29) is 17.9 Å². The third kappa shape index (κ3) is 3.23. The summed E-state index contributed by atoms with van der Waals surface area (Å²) in [5.74, 6) is -1.81. The molecule has 2 aliphatic rings. The summed E-state index contributed by atoms with van der Waals surface area (Å²) in [6.45, 7) is 5.50. The van der Waals surface area contributed by atoms with E-state index in [9.17, 15) is 18.4 Å². The molecule has 134 valence electrons. The van der Waals surface area contributed by atoms with Crippen molar-refractivity contribution in [2.45, 2.75) is 45.3 Å². The minimum atomic E-state index is -0.940. The standard InChI is InChI=1S/C18H20F2N2O3/c1-18(2,3)25-17(24)22-13-7-8-21-16(23)10(13)9-14(22)15-11(19)5-4-6-12(15)20/h4-6,14H,7-9H2,1-3H3,(H,21,23). The van der Waals surface area contributed by atoms with Crippen molar-refractivity contribution in [1.82, 2.24) is 10.2 Å². The number of hydrogen-bond acceptors (Lipinski definition) is 3. The lowest BCUT2D eigenvalue weighted by Crippen LogP contribution is -2.39. The van der Waals surface area contributed by atoms with E-state index in [4.69, 9.17) is 4.74 Å². The summed E-state index contributed by atoms with van der Waals surface area (Å²) < 4.78 is 34.0. The van der Waals surface area contributed by atoms with E-state index in [2.05, 4.69) is 5.32 Å². The topological polar surface area (TPSA) is 58.6 Å². The first-order chi connectivity index (χ1) is 11.7. The summed E-state index contributed by atoms with van der Waals surface area (Å²) in [7, 11) is 0. The molecule has 1 atom stereocenters. The van der Waals surface area contributed by atoms with Gasteiger partial charge < -0.3 is 10.1 Å². The molecule has 3 rings (SSSR count). The Hall–Kier alpha value is -2.44. The summed E-state index contributed by atoms with van der Waals surface area (Å²) in [5.41, 5.74) is -0.138. The summed E-state index contributed by atoms with van der Waals surface area (Å²) in [4.78, 5) is 26.1. The molecule has 1 N–H and O–H groups in total. The maximum Gasteiger partial charge on any atom is 0.415 e. The molecular formula is C18H20F2N2O3. The van der Waals surface area contributed by atoms with Crippen LogP contribution in [-0.2, 0) is 9.53 Å². The lowest BCUT2D eigenvalue weighted by Gasteiger charge is -2.31. The van der Waals surface area contributed by atoms with Crippen LogP contribution in [0.25, 0.3) is 0 Å². The van der Waals surface area contributed by atoms with Crippen LogP contribution in [0.15, 0.2) is 29.5 Å². The van der Waals surface area contributed by atoms with E-state index in [1.165, 1.54) is 11.0 Å². The number of rotatable bonds is 1. The van der Waals surface area contributed by atoms with Crippen molar-refractivity contribution >= 4 is 12.0 Å². The molecule has 2 amide bonds. The van der Waals surface area contributed by atoms with Crippen LogP contribution in [0.4, 0.5) is 13.6 Å². The second kappa shape index (κ2) is 6.13. The number of carbonyl (C=O) groups excluding carboxylic acids is 2. The minimum Gasteiger partial charge on any atom is -0.443 e. The third-order valence-electron chi connectivity index (χ3n) is 4.19. The Labute approximate surface area is 144 Å². The molecule has 0 aromatic heterocycles. The second-order valence-electron chi connectivity index (χ2n) is 7.14. The zero-order valence-electron chi connectivity index (χ0n) is 14.4. The van der Waals surface area contributed by atoms with Gasteiger partial charge in [-0.25, -0.2) is 13.6 Å². The third-order valence-corrected chi connectivity index (χ3v) is 4.19. The summed E-state index contributed by atoms with van der Waals surface area (Å²) >= 11 is 0. The average Bonchev–Trinajstić information content (AvgIpc) is 2.86. The van der Waals surface area contributed by atoms with Crippen LogP contribution < -0.4 is 5.32 Å². The molecule has 1 aromatic carbocycles. The Bertz CT molecular complexity index is 748. The number of halogens is 2. The molecule has 0 saturated carbocycles. The Morgan fingerprint density at radius 2 is 1.92 bits per heavy atom. The predicted octanol–water partition coefficient (Wildman–Crippen LogP) is 3.42. The van der Waals surface area contributed by atoms with Gasteiger partial charge in [0.05, 0.1) is 6.04 Å². The molecule has 0 spiro atoms.